The third-order valence-corrected chi connectivity index (χ3v) is 1.70. The quantitative estimate of drug-likeness (QED) is 0.545. The highest BCUT2D eigenvalue weighted by molar-refractivity contribution is 9.07. The molecular formula is C4H7BrN2O. The maximum atomic E-state index is 10.6. The Morgan fingerprint density at radius 2 is 2.50 bits per heavy atom. The highest BCUT2D eigenvalue weighted by atomic mass is 79.9. The van der Waals surface area contributed by atoms with Gasteiger partial charge in [-0.15, -0.1) is 0 Å². The molecule has 1 aliphatic heterocycles. The predicted molar refractivity (Wildman–Crippen MR) is 33.6 cm³/mol. The van der Waals surface area contributed by atoms with Crippen LogP contribution in [-0.2, 0) is 0 Å². The second-order valence-electron chi connectivity index (χ2n) is 1.67. The first-order valence-corrected chi connectivity index (χ1v) is 3.23. The van der Waals surface area contributed by atoms with E-state index in [1.54, 1.807) is 0 Å². The monoisotopic (exact) mass is 178 g/mol. The molecule has 1 saturated heterocycles. The minimum absolute atomic E-state index is 0.0312. The van der Waals surface area contributed by atoms with Crippen molar-refractivity contribution in [3.63, 3.8) is 0 Å². The number of amides is 2. The first kappa shape index (κ1) is 5.88. The zero-order chi connectivity index (χ0) is 5.98. The van der Waals surface area contributed by atoms with Crippen molar-refractivity contribution in [1.29, 1.82) is 0 Å². The second-order valence-corrected chi connectivity index (χ2v) is 2.53. The highest BCUT2D eigenvalue weighted by Gasteiger charge is 2.12. The Hall–Kier alpha value is -0.250. The van der Waals surface area contributed by atoms with Gasteiger partial charge >= 0.3 is 6.03 Å². The standard InChI is InChI=1S/C4H7BrN2O/c5-7-3-1-2-6-4(7)8/h1-3H2,(H,6,8). The number of nitrogens with one attached hydrogen (secondary N) is 1. The summed E-state index contributed by atoms with van der Waals surface area (Å²) in [5.41, 5.74) is 0. The molecule has 0 aliphatic carbocycles. The van der Waals surface area contributed by atoms with E-state index in [0.717, 1.165) is 19.5 Å². The van der Waals surface area contributed by atoms with Gasteiger partial charge in [0.2, 0.25) is 0 Å². The van der Waals surface area contributed by atoms with Gasteiger partial charge in [0.1, 0.15) is 0 Å². The van der Waals surface area contributed by atoms with Gasteiger partial charge in [-0.2, -0.15) is 0 Å². The summed E-state index contributed by atoms with van der Waals surface area (Å²) in [5.74, 6) is 0. The summed E-state index contributed by atoms with van der Waals surface area (Å²) in [6, 6.07) is -0.0312. The van der Waals surface area contributed by atoms with Crippen LogP contribution < -0.4 is 5.32 Å². The summed E-state index contributed by atoms with van der Waals surface area (Å²) in [5, 5.41) is 2.67. The van der Waals surface area contributed by atoms with E-state index >= 15 is 0 Å². The third-order valence-electron chi connectivity index (χ3n) is 1.03. The lowest BCUT2D eigenvalue weighted by Crippen LogP contribution is -2.40. The minimum atomic E-state index is -0.0312. The Bertz CT molecular complexity index is 106. The summed E-state index contributed by atoms with van der Waals surface area (Å²) >= 11 is 3.07. The van der Waals surface area contributed by atoms with Crippen molar-refractivity contribution in [1.82, 2.24) is 9.24 Å². The van der Waals surface area contributed by atoms with Gasteiger partial charge in [-0.25, -0.2) is 4.79 Å². The molecule has 0 unspecified atom stereocenters. The van der Waals surface area contributed by atoms with Gasteiger partial charge < -0.3 is 5.32 Å². The van der Waals surface area contributed by atoms with Crippen LogP contribution >= 0.6 is 16.1 Å². The van der Waals surface area contributed by atoms with Crippen LogP contribution in [-0.4, -0.2) is 23.0 Å². The number of hydrogen-bond acceptors (Lipinski definition) is 1. The number of nitrogens with zero attached hydrogens (tertiary/aromatic N) is 1. The molecule has 0 aromatic heterocycles. The fourth-order valence-corrected chi connectivity index (χ4v) is 0.977. The molecule has 0 aromatic carbocycles. The number of rotatable bonds is 0. The van der Waals surface area contributed by atoms with E-state index in [1.807, 2.05) is 0 Å². The van der Waals surface area contributed by atoms with Crippen LogP contribution in [0.25, 0.3) is 0 Å². The Morgan fingerprint density at radius 3 is 2.88 bits per heavy atom. The Balaban J connectivity index is 2.39. The summed E-state index contributed by atoms with van der Waals surface area (Å²) in [6.45, 7) is 1.62. The Labute approximate surface area is 56.4 Å². The molecule has 0 aromatic rings. The van der Waals surface area contributed by atoms with Gasteiger partial charge in [0.15, 0.2) is 0 Å². The number of hydrogen-bond donors (Lipinski definition) is 1. The van der Waals surface area contributed by atoms with Gasteiger partial charge in [0.05, 0.1) is 16.1 Å². The lowest BCUT2D eigenvalue weighted by molar-refractivity contribution is 0.220. The molecule has 0 atom stereocenters. The average molecular weight is 179 g/mol. The van der Waals surface area contributed by atoms with E-state index in [9.17, 15) is 4.79 Å². The third kappa shape index (κ3) is 1.12. The Morgan fingerprint density at radius 1 is 1.75 bits per heavy atom. The molecular weight excluding hydrogens is 172 g/mol. The van der Waals surface area contributed by atoms with Crippen LogP contribution in [0.1, 0.15) is 6.42 Å². The van der Waals surface area contributed by atoms with E-state index in [0.29, 0.717) is 0 Å². The van der Waals surface area contributed by atoms with Crippen molar-refractivity contribution in [3.05, 3.63) is 0 Å². The highest BCUT2D eigenvalue weighted by Crippen LogP contribution is 2.02. The average Bonchev–Trinajstić information content (AvgIpc) is 1.77. The van der Waals surface area contributed by atoms with Gasteiger partial charge in [-0.05, 0) is 6.42 Å². The molecule has 1 aliphatic rings. The zero-order valence-electron chi connectivity index (χ0n) is 4.35. The maximum Gasteiger partial charge on any atom is 0.327 e. The molecule has 1 rings (SSSR count). The van der Waals surface area contributed by atoms with Crippen molar-refractivity contribution in [2.75, 3.05) is 13.1 Å². The topological polar surface area (TPSA) is 32.3 Å². The van der Waals surface area contributed by atoms with Crippen LogP contribution in [0.4, 0.5) is 4.79 Å². The largest absolute Gasteiger partial charge is 0.337 e. The van der Waals surface area contributed by atoms with Gasteiger partial charge in [0, 0.05) is 13.1 Å². The zero-order valence-corrected chi connectivity index (χ0v) is 5.94. The van der Waals surface area contributed by atoms with E-state index in [4.69, 9.17) is 0 Å². The molecule has 0 bridgehead atoms. The molecule has 46 valence electrons. The van der Waals surface area contributed by atoms with Crippen LogP contribution in [0.5, 0.6) is 0 Å². The molecule has 1 fully saturated rings. The first-order chi connectivity index (χ1) is 3.80. The van der Waals surface area contributed by atoms with E-state index < -0.39 is 0 Å². The van der Waals surface area contributed by atoms with E-state index in [1.165, 1.54) is 3.93 Å². The molecule has 1 N–H and O–H groups in total. The van der Waals surface area contributed by atoms with Crippen molar-refractivity contribution >= 4 is 22.2 Å². The summed E-state index contributed by atoms with van der Waals surface area (Å²) < 4.78 is 1.50. The van der Waals surface area contributed by atoms with E-state index in [2.05, 4.69) is 21.5 Å². The smallest absolute Gasteiger partial charge is 0.327 e. The summed E-state index contributed by atoms with van der Waals surface area (Å²) in [6.07, 6.45) is 1.02. The lowest BCUT2D eigenvalue weighted by atomic mass is 10.4. The fourth-order valence-electron chi connectivity index (χ4n) is 0.601. The second kappa shape index (κ2) is 2.35. The molecule has 3 nitrogen and oxygen atoms in total. The summed E-state index contributed by atoms with van der Waals surface area (Å²) in [7, 11) is 0. The SMILES string of the molecule is O=C1NCCCN1Br. The van der Waals surface area contributed by atoms with Gasteiger partial charge in [-0.1, -0.05) is 0 Å². The molecule has 0 radical (unpaired) electrons. The molecule has 1 heterocycles. The molecule has 2 amide bonds. The van der Waals surface area contributed by atoms with Crippen molar-refractivity contribution < 1.29 is 4.79 Å². The van der Waals surface area contributed by atoms with Crippen molar-refractivity contribution in [3.8, 4) is 0 Å². The number of carbonyl (C=O) groups excluding carboxylic acids is 1. The van der Waals surface area contributed by atoms with Gasteiger partial charge in [-0.3, -0.25) is 3.93 Å². The van der Waals surface area contributed by atoms with Crippen LogP contribution in [0.2, 0.25) is 0 Å². The van der Waals surface area contributed by atoms with Crippen molar-refractivity contribution in [2.45, 2.75) is 6.42 Å². The predicted octanol–water partition coefficient (Wildman–Crippen LogP) is 0.712. The van der Waals surface area contributed by atoms with Crippen LogP contribution in [0.3, 0.4) is 0 Å². The van der Waals surface area contributed by atoms with Crippen molar-refractivity contribution in [2.24, 2.45) is 0 Å². The van der Waals surface area contributed by atoms with Crippen LogP contribution in [0.15, 0.2) is 0 Å². The summed E-state index contributed by atoms with van der Waals surface area (Å²) in [4.78, 5) is 10.6. The normalized spacial score (nSPS) is 20.6. The molecule has 4 heteroatoms. The van der Waals surface area contributed by atoms with Crippen LogP contribution in [0, 0.1) is 0 Å². The first-order valence-electron chi connectivity index (χ1n) is 2.52. The number of carbonyl (C=O) groups is 1. The maximum absolute atomic E-state index is 10.6. The lowest BCUT2D eigenvalue weighted by Gasteiger charge is -2.19. The number of urea groups is 1. The Kier molecular flexibility index (Phi) is 1.73. The minimum Gasteiger partial charge on any atom is -0.337 e. The molecule has 0 saturated carbocycles. The number of halogens is 1. The fraction of sp³-hybridized carbons (Fsp3) is 0.750. The van der Waals surface area contributed by atoms with Gasteiger partial charge in [0.25, 0.3) is 0 Å². The molecule has 8 heavy (non-hydrogen) atoms. The van der Waals surface area contributed by atoms with E-state index in [-0.39, 0.29) is 6.03 Å². The molecule has 0 spiro atoms.